The zero-order chi connectivity index (χ0) is 13.5. The standard InChI is InChI=1S/C13H16F2N2S/c1-4-7-13(2,3)17-11-9(16-12(17)18)6-5-8(14)10(11)15/h5-6H,4,7H2,1-3H3,(H,16,18). The van der Waals surface area contributed by atoms with Gasteiger partial charge in [-0.25, -0.2) is 8.78 Å². The van der Waals surface area contributed by atoms with E-state index in [0.29, 0.717) is 10.3 Å². The molecule has 0 amide bonds. The van der Waals surface area contributed by atoms with Gasteiger partial charge in [0, 0.05) is 5.54 Å². The third-order valence-corrected chi connectivity index (χ3v) is 3.49. The van der Waals surface area contributed by atoms with Crippen molar-refractivity contribution >= 4 is 23.3 Å². The third-order valence-electron chi connectivity index (χ3n) is 3.20. The molecule has 0 aliphatic carbocycles. The molecule has 98 valence electrons. The summed E-state index contributed by atoms with van der Waals surface area (Å²) in [6.07, 6.45) is 1.78. The molecule has 0 saturated carbocycles. The molecule has 0 saturated heterocycles. The molecule has 2 rings (SSSR count). The molecule has 1 heterocycles. The Hall–Kier alpha value is -1.23. The van der Waals surface area contributed by atoms with Crippen LogP contribution in [0.2, 0.25) is 0 Å². The van der Waals surface area contributed by atoms with Crippen molar-refractivity contribution in [3.63, 3.8) is 0 Å². The highest BCUT2D eigenvalue weighted by Crippen LogP contribution is 2.29. The van der Waals surface area contributed by atoms with Gasteiger partial charge in [0.25, 0.3) is 0 Å². The number of nitrogens with one attached hydrogen (secondary N) is 1. The van der Waals surface area contributed by atoms with Gasteiger partial charge >= 0.3 is 0 Å². The second-order valence-corrected chi connectivity index (χ2v) is 5.47. The van der Waals surface area contributed by atoms with Gasteiger partial charge in [-0.1, -0.05) is 13.3 Å². The van der Waals surface area contributed by atoms with E-state index in [4.69, 9.17) is 12.2 Å². The quantitative estimate of drug-likeness (QED) is 0.814. The molecule has 0 bridgehead atoms. The summed E-state index contributed by atoms with van der Waals surface area (Å²) in [5, 5.41) is 0. The topological polar surface area (TPSA) is 20.7 Å². The first-order valence-electron chi connectivity index (χ1n) is 5.97. The van der Waals surface area contributed by atoms with Crippen LogP contribution in [0.25, 0.3) is 11.0 Å². The van der Waals surface area contributed by atoms with Gasteiger partial charge in [0.15, 0.2) is 16.4 Å². The van der Waals surface area contributed by atoms with Gasteiger partial charge < -0.3 is 9.55 Å². The van der Waals surface area contributed by atoms with Crippen LogP contribution in [0.15, 0.2) is 12.1 Å². The molecule has 0 aliphatic rings. The molecule has 0 spiro atoms. The van der Waals surface area contributed by atoms with Crippen molar-refractivity contribution in [2.24, 2.45) is 0 Å². The van der Waals surface area contributed by atoms with Gasteiger partial charge in [0.1, 0.15) is 5.52 Å². The number of aromatic nitrogens is 2. The summed E-state index contributed by atoms with van der Waals surface area (Å²) in [5.41, 5.74) is 0.403. The van der Waals surface area contributed by atoms with Crippen molar-refractivity contribution in [2.45, 2.75) is 39.2 Å². The first-order chi connectivity index (χ1) is 8.38. The zero-order valence-electron chi connectivity index (χ0n) is 10.7. The Morgan fingerprint density at radius 1 is 1.33 bits per heavy atom. The number of fused-ring (bicyclic) bond motifs is 1. The average Bonchev–Trinajstić information content (AvgIpc) is 2.61. The fraction of sp³-hybridized carbons (Fsp3) is 0.462. The fourth-order valence-corrected chi connectivity index (χ4v) is 2.88. The third kappa shape index (κ3) is 1.96. The number of nitrogens with zero attached hydrogens (tertiary/aromatic N) is 1. The molecular weight excluding hydrogens is 254 g/mol. The molecule has 0 aliphatic heterocycles. The molecule has 1 aromatic carbocycles. The van der Waals surface area contributed by atoms with Gasteiger partial charge in [-0.15, -0.1) is 0 Å². The predicted octanol–water partition coefficient (Wildman–Crippen LogP) is 4.51. The van der Waals surface area contributed by atoms with E-state index in [2.05, 4.69) is 11.9 Å². The summed E-state index contributed by atoms with van der Waals surface area (Å²) in [6, 6.07) is 2.63. The van der Waals surface area contributed by atoms with Crippen LogP contribution in [-0.2, 0) is 5.54 Å². The van der Waals surface area contributed by atoms with Crippen molar-refractivity contribution in [1.29, 1.82) is 0 Å². The van der Waals surface area contributed by atoms with E-state index in [1.54, 1.807) is 4.57 Å². The summed E-state index contributed by atoms with van der Waals surface area (Å²) in [6.45, 7) is 6.00. The van der Waals surface area contributed by atoms with Gasteiger partial charge in [-0.3, -0.25) is 0 Å². The second-order valence-electron chi connectivity index (χ2n) is 5.09. The molecule has 2 aromatic rings. The van der Waals surface area contributed by atoms with Crippen LogP contribution in [-0.4, -0.2) is 9.55 Å². The summed E-state index contributed by atoms with van der Waals surface area (Å²) >= 11 is 5.24. The van der Waals surface area contributed by atoms with Crippen molar-refractivity contribution in [1.82, 2.24) is 9.55 Å². The first-order valence-corrected chi connectivity index (χ1v) is 6.38. The second kappa shape index (κ2) is 4.46. The van der Waals surface area contributed by atoms with Crippen LogP contribution < -0.4 is 0 Å². The van der Waals surface area contributed by atoms with Crippen LogP contribution in [0.5, 0.6) is 0 Å². The van der Waals surface area contributed by atoms with Crippen LogP contribution in [0.1, 0.15) is 33.6 Å². The number of imidazole rings is 1. The van der Waals surface area contributed by atoms with Gasteiger partial charge in [-0.2, -0.15) is 0 Å². The van der Waals surface area contributed by atoms with Gasteiger partial charge in [-0.05, 0) is 44.6 Å². The van der Waals surface area contributed by atoms with Crippen molar-refractivity contribution < 1.29 is 8.78 Å². The van der Waals surface area contributed by atoms with E-state index in [-0.39, 0.29) is 11.1 Å². The number of aromatic amines is 1. The molecule has 1 aromatic heterocycles. The normalized spacial score (nSPS) is 12.3. The van der Waals surface area contributed by atoms with Crippen molar-refractivity contribution in [2.75, 3.05) is 0 Å². The lowest BCUT2D eigenvalue weighted by Gasteiger charge is -2.27. The zero-order valence-corrected chi connectivity index (χ0v) is 11.5. The van der Waals surface area contributed by atoms with E-state index in [9.17, 15) is 8.78 Å². The lowest BCUT2D eigenvalue weighted by Crippen LogP contribution is -2.26. The summed E-state index contributed by atoms with van der Waals surface area (Å²) in [4.78, 5) is 2.93. The number of hydrogen-bond acceptors (Lipinski definition) is 1. The predicted molar refractivity (Wildman–Crippen MR) is 71.3 cm³/mol. The summed E-state index contributed by atoms with van der Waals surface area (Å²) in [5.74, 6) is -1.69. The van der Waals surface area contributed by atoms with Crippen molar-refractivity contribution in [3.8, 4) is 0 Å². The maximum absolute atomic E-state index is 14.0. The van der Waals surface area contributed by atoms with Crippen LogP contribution in [0.3, 0.4) is 0 Å². The smallest absolute Gasteiger partial charge is 0.184 e. The Morgan fingerprint density at radius 2 is 2.00 bits per heavy atom. The average molecular weight is 270 g/mol. The minimum atomic E-state index is -0.849. The van der Waals surface area contributed by atoms with E-state index < -0.39 is 11.6 Å². The monoisotopic (exact) mass is 270 g/mol. The Bertz CT molecular complexity index is 640. The minimum Gasteiger partial charge on any atom is -0.330 e. The van der Waals surface area contributed by atoms with E-state index in [1.165, 1.54) is 6.07 Å². The van der Waals surface area contributed by atoms with Crippen LogP contribution in [0.4, 0.5) is 8.78 Å². The molecule has 0 atom stereocenters. The van der Waals surface area contributed by atoms with Gasteiger partial charge in [0.2, 0.25) is 0 Å². The fourth-order valence-electron chi connectivity index (χ4n) is 2.43. The highest BCUT2D eigenvalue weighted by molar-refractivity contribution is 7.71. The van der Waals surface area contributed by atoms with Crippen LogP contribution >= 0.6 is 12.2 Å². The largest absolute Gasteiger partial charge is 0.330 e. The number of H-pyrrole nitrogens is 1. The van der Waals surface area contributed by atoms with Crippen LogP contribution in [0, 0.1) is 16.4 Å². The Morgan fingerprint density at radius 3 is 2.61 bits per heavy atom. The molecule has 0 fully saturated rings. The molecule has 18 heavy (non-hydrogen) atoms. The van der Waals surface area contributed by atoms with E-state index >= 15 is 0 Å². The number of halogens is 2. The Kier molecular flexibility index (Phi) is 3.27. The highest BCUT2D eigenvalue weighted by atomic mass is 32.1. The molecule has 1 N–H and O–H groups in total. The lowest BCUT2D eigenvalue weighted by atomic mass is 9.98. The Labute approximate surface area is 110 Å². The maximum atomic E-state index is 14.0. The lowest BCUT2D eigenvalue weighted by molar-refractivity contribution is 0.326. The summed E-state index contributed by atoms with van der Waals surface area (Å²) in [7, 11) is 0. The SMILES string of the molecule is CCCC(C)(C)n1c(=S)[nH]c2ccc(F)c(F)c21. The maximum Gasteiger partial charge on any atom is 0.184 e. The molecular formula is C13H16F2N2S. The minimum absolute atomic E-state index is 0.221. The summed E-state index contributed by atoms with van der Waals surface area (Å²) < 4.78 is 29.5. The Balaban J connectivity index is 2.82. The molecule has 0 unspecified atom stereocenters. The first kappa shape index (κ1) is 13.2. The van der Waals surface area contributed by atoms with Gasteiger partial charge in [0.05, 0.1) is 5.52 Å². The highest BCUT2D eigenvalue weighted by Gasteiger charge is 2.25. The number of rotatable bonds is 3. The number of benzene rings is 1. The number of hydrogen-bond donors (Lipinski definition) is 1. The van der Waals surface area contributed by atoms with E-state index in [0.717, 1.165) is 18.9 Å². The van der Waals surface area contributed by atoms with Crippen molar-refractivity contribution in [3.05, 3.63) is 28.5 Å². The molecule has 2 nitrogen and oxygen atoms in total. The van der Waals surface area contributed by atoms with E-state index in [1.807, 2.05) is 13.8 Å². The molecule has 5 heteroatoms. The molecule has 0 radical (unpaired) electrons.